The van der Waals surface area contributed by atoms with Gasteiger partial charge in [-0.25, -0.2) is 13.8 Å². The predicted molar refractivity (Wildman–Crippen MR) is 94.8 cm³/mol. The van der Waals surface area contributed by atoms with Gasteiger partial charge in [0.1, 0.15) is 23.3 Å². The number of carbonyl (C=O) groups excluding carboxylic acids is 1. The van der Waals surface area contributed by atoms with Crippen molar-refractivity contribution in [3.05, 3.63) is 23.3 Å². The van der Waals surface area contributed by atoms with Crippen molar-refractivity contribution in [2.45, 2.75) is 54.0 Å². The number of hydrogen-bond donors (Lipinski definition) is 2. The first-order valence-corrected chi connectivity index (χ1v) is 7.98. The van der Waals surface area contributed by atoms with Crippen LogP contribution in [0.2, 0.25) is 0 Å². The molecule has 0 radical (unpaired) electrons. The number of aliphatic imine (C=N–C) groups is 1. The second-order valence-corrected chi connectivity index (χ2v) is 7.34. The first kappa shape index (κ1) is 20.6. The molecule has 7 heteroatoms. The molecule has 0 aromatic heterocycles. The average molecular weight is 350 g/mol. The fourth-order valence-corrected chi connectivity index (χ4v) is 2.15. The van der Waals surface area contributed by atoms with Crippen LogP contribution in [0.3, 0.4) is 0 Å². The highest BCUT2D eigenvalue weighted by molar-refractivity contribution is 5.98. The van der Waals surface area contributed by atoms with E-state index in [2.05, 4.69) is 15.6 Å². The van der Waals surface area contributed by atoms with Crippen LogP contribution in [0.1, 0.15) is 53.5 Å². The van der Waals surface area contributed by atoms with Crippen LogP contribution < -0.4 is 10.6 Å². The number of nitrogens with zero attached hydrogens (tertiary/aromatic N) is 2. The topological polar surface area (TPSA) is 77.3 Å². The number of halogens is 2. The summed E-state index contributed by atoms with van der Waals surface area (Å²) in [5, 5.41) is 14.3. The molecule has 136 valence electrons. The van der Waals surface area contributed by atoms with E-state index in [9.17, 15) is 13.6 Å². The van der Waals surface area contributed by atoms with Crippen molar-refractivity contribution in [2.24, 2.45) is 10.4 Å². The summed E-state index contributed by atoms with van der Waals surface area (Å²) in [7, 11) is 0. The van der Waals surface area contributed by atoms with Gasteiger partial charge in [-0.15, -0.1) is 0 Å². The van der Waals surface area contributed by atoms with Crippen LogP contribution in [0.15, 0.2) is 11.1 Å². The van der Waals surface area contributed by atoms with Gasteiger partial charge in [0.25, 0.3) is 0 Å². The van der Waals surface area contributed by atoms with Gasteiger partial charge in [-0.3, -0.25) is 4.79 Å². The van der Waals surface area contributed by atoms with Crippen molar-refractivity contribution in [2.75, 3.05) is 5.32 Å². The molecular formula is C18H24F2N4O. The molecule has 1 aromatic carbocycles. The predicted octanol–water partition coefficient (Wildman–Crippen LogP) is 4.26. The Morgan fingerprint density at radius 3 is 2.44 bits per heavy atom. The largest absolute Gasteiger partial charge is 0.379 e. The van der Waals surface area contributed by atoms with Crippen molar-refractivity contribution in [1.29, 1.82) is 5.26 Å². The number of carbonyl (C=O) groups is 1. The van der Waals surface area contributed by atoms with E-state index in [4.69, 9.17) is 5.26 Å². The number of rotatable bonds is 4. The van der Waals surface area contributed by atoms with Gasteiger partial charge >= 0.3 is 0 Å². The molecule has 0 spiro atoms. The molecule has 0 aliphatic rings. The zero-order valence-electron chi connectivity index (χ0n) is 15.4. The fraction of sp³-hybridized carbons (Fsp3) is 0.500. The van der Waals surface area contributed by atoms with Crippen LogP contribution in [0.4, 0.5) is 20.2 Å². The number of amides is 1. The third kappa shape index (κ3) is 6.14. The molecule has 0 aliphatic carbocycles. The van der Waals surface area contributed by atoms with Crippen LogP contribution in [-0.4, -0.2) is 17.8 Å². The Hall–Kier alpha value is -2.49. The lowest BCUT2D eigenvalue weighted by molar-refractivity contribution is -0.121. The molecule has 0 saturated carbocycles. The minimum Gasteiger partial charge on any atom is -0.379 e. The van der Waals surface area contributed by atoms with Gasteiger partial charge in [0.2, 0.25) is 5.91 Å². The van der Waals surface area contributed by atoms with Crippen LogP contribution in [0.25, 0.3) is 0 Å². The summed E-state index contributed by atoms with van der Waals surface area (Å²) in [6.45, 7) is 10.7. The number of anilines is 1. The molecule has 1 amide bonds. The van der Waals surface area contributed by atoms with Gasteiger partial charge in [-0.05, 0) is 32.3 Å². The Morgan fingerprint density at radius 2 is 1.96 bits per heavy atom. The van der Waals surface area contributed by atoms with Gasteiger partial charge in [0, 0.05) is 12.5 Å². The molecule has 0 unspecified atom stereocenters. The Balaban J connectivity index is 3.25. The molecule has 0 saturated heterocycles. The molecule has 5 nitrogen and oxygen atoms in total. The lowest BCUT2D eigenvalue weighted by Crippen LogP contribution is -2.31. The molecular weight excluding hydrogens is 326 g/mol. The Labute approximate surface area is 147 Å². The molecule has 0 bridgehead atoms. The molecule has 0 aliphatic heterocycles. The number of hydrogen-bond acceptors (Lipinski definition) is 4. The van der Waals surface area contributed by atoms with Crippen LogP contribution in [-0.2, 0) is 4.79 Å². The number of nitriles is 1. The molecule has 1 aromatic rings. The third-order valence-electron chi connectivity index (χ3n) is 3.03. The summed E-state index contributed by atoms with van der Waals surface area (Å²) in [6, 6.07) is 2.21. The summed E-state index contributed by atoms with van der Waals surface area (Å²) < 4.78 is 28.7. The number of amidine groups is 1. The molecule has 25 heavy (non-hydrogen) atoms. The SMILES string of the molecule is CC(=Nc1c(F)cc(C#N)c(F)c1NC(C)C)NC(=O)CC(C)(C)C. The Morgan fingerprint density at radius 1 is 1.36 bits per heavy atom. The van der Waals surface area contributed by atoms with E-state index in [0.717, 1.165) is 6.07 Å². The molecule has 0 fully saturated rings. The molecule has 0 atom stereocenters. The smallest absolute Gasteiger partial charge is 0.225 e. The first-order valence-electron chi connectivity index (χ1n) is 7.98. The van der Waals surface area contributed by atoms with E-state index >= 15 is 0 Å². The van der Waals surface area contributed by atoms with Crippen LogP contribution in [0.5, 0.6) is 0 Å². The van der Waals surface area contributed by atoms with Crippen LogP contribution in [0, 0.1) is 28.4 Å². The van der Waals surface area contributed by atoms with Crippen molar-refractivity contribution < 1.29 is 13.6 Å². The minimum atomic E-state index is -0.870. The van der Waals surface area contributed by atoms with Gasteiger partial charge in [0.15, 0.2) is 11.6 Å². The van der Waals surface area contributed by atoms with Crippen molar-refractivity contribution >= 4 is 23.1 Å². The Bertz CT molecular complexity index is 728. The summed E-state index contributed by atoms with van der Waals surface area (Å²) >= 11 is 0. The van der Waals surface area contributed by atoms with E-state index in [0.29, 0.717) is 0 Å². The summed E-state index contributed by atoms with van der Waals surface area (Å²) in [5.41, 5.74) is -1.09. The lowest BCUT2D eigenvalue weighted by Gasteiger charge is -2.18. The maximum Gasteiger partial charge on any atom is 0.225 e. The maximum atomic E-state index is 14.4. The quantitative estimate of drug-likeness (QED) is 0.629. The molecule has 0 heterocycles. The monoisotopic (exact) mass is 350 g/mol. The summed E-state index contributed by atoms with van der Waals surface area (Å²) in [6.07, 6.45) is 0.265. The van der Waals surface area contributed by atoms with Gasteiger partial charge in [0.05, 0.1) is 5.56 Å². The zero-order valence-corrected chi connectivity index (χ0v) is 15.4. The molecule has 1 rings (SSSR count). The van der Waals surface area contributed by atoms with Gasteiger partial charge in [-0.2, -0.15) is 5.26 Å². The summed E-state index contributed by atoms with van der Waals surface area (Å²) in [4.78, 5) is 16.0. The standard InChI is InChI=1S/C18H24F2N4O/c1-10(2)22-17-15(20)12(9-21)7-13(19)16(17)24-11(3)23-14(25)8-18(4,5)6/h7,10,22H,8H2,1-6H3,(H,23,24,25). The van der Waals surface area contributed by atoms with Gasteiger partial charge in [-0.1, -0.05) is 20.8 Å². The van der Waals surface area contributed by atoms with Gasteiger partial charge < -0.3 is 10.6 Å². The van der Waals surface area contributed by atoms with E-state index in [1.54, 1.807) is 19.9 Å². The average Bonchev–Trinajstić information content (AvgIpc) is 2.43. The fourth-order valence-electron chi connectivity index (χ4n) is 2.15. The highest BCUT2D eigenvalue weighted by Crippen LogP contribution is 2.34. The highest BCUT2D eigenvalue weighted by Gasteiger charge is 2.20. The number of benzene rings is 1. The lowest BCUT2D eigenvalue weighted by atomic mass is 9.92. The maximum absolute atomic E-state index is 14.4. The van der Waals surface area contributed by atoms with Crippen molar-refractivity contribution in [3.63, 3.8) is 0 Å². The molecule has 2 N–H and O–H groups in total. The van der Waals surface area contributed by atoms with E-state index in [-0.39, 0.29) is 41.0 Å². The van der Waals surface area contributed by atoms with E-state index in [1.807, 2.05) is 20.8 Å². The van der Waals surface area contributed by atoms with E-state index in [1.165, 1.54) is 6.92 Å². The van der Waals surface area contributed by atoms with E-state index < -0.39 is 17.2 Å². The first-order chi connectivity index (χ1) is 11.4. The summed E-state index contributed by atoms with van der Waals surface area (Å²) in [5.74, 6) is -1.83. The third-order valence-corrected chi connectivity index (χ3v) is 3.03. The zero-order chi connectivity index (χ0) is 19.4. The second kappa shape index (κ2) is 8.06. The normalized spacial score (nSPS) is 12.1. The second-order valence-electron chi connectivity index (χ2n) is 7.34. The highest BCUT2D eigenvalue weighted by atomic mass is 19.1. The van der Waals surface area contributed by atoms with Crippen molar-refractivity contribution in [1.82, 2.24) is 5.32 Å². The number of nitrogens with one attached hydrogen (secondary N) is 2. The van der Waals surface area contributed by atoms with Crippen molar-refractivity contribution in [3.8, 4) is 6.07 Å². The minimum absolute atomic E-state index is 0.143. The van der Waals surface area contributed by atoms with Crippen LogP contribution >= 0.6 is 0 Å². The Kier molecular flexibility index (Phi) is 6.63.